The molecule has 218 valence electrons. The lowest BCUT2D eigenvalue weighted by atomic mass is 9.98. The molecule has 4 atom stereocenters. The molecule has 0 unspecified atom stereocenters. The molecule has 38 heavy (non-hydrogen) atoms. The molecule has 0 aromatic heterocycles. The summed E-state index contributed by atoms with van der Waals surface area (Å²) in [6.45, 7) is 27.5. The lowest BCUT2D eigenvalue weighted by Crippen LogP contribution is -2.42. The second-order valence-electron chi connectivity index (χ2n) is 12.9. The zero-order valence-electron chi connectivity index (χ0n) is 25.2. The number of ether oxygens (including phenoxy) is 6. The number of hydrogen-bond acceptors (Lipinski definition) is 8. The Labute approximate surface area is 229 Å². The van der Waals surface area contributed by atoms with Gasteiger partial charge in [0.2, 0.25) is 0 Å². The monoisotopic (exact) mass is 538 g/mol. The van der Waals surface area contributed by atoms with Crippen molar-refractivity contribution in [1.82, 2.24) is 0 Å². The van der Waals surface area contributed by atoms with Crippen LogP contribution in [0.15, 0.2) is 24.3 Å². The van der Waals surface area contributed by atoms with E-state index in [4.69, 9.17) is 28.4 Å². The molecule has 2 rings (SSSR count). The van der Waals surface area contributed by atoms with Gasteiger partial charge in [-0.2, -0.15) is 0 Å². The van der Waals surface area contributed by atoms with Crippen molar-refractivity contribution >= 4 is 11.6 Å². The second-order valence-corrected chi connectivity index (χ2v) is 12.9. The van der Waals surface area contributed by atoms with E-state index in [1.807, 2.05) is 27.7 Å². The van der Waals surface area contributed by atoms with E-state index in [9.17, 15) is 9.59 Å². The maximum Gasteiger partial charge on any atom is 0.189 e. The highest BCUT2D eigenvalue weighted by atomic mass is 16.7. The fourth-order valence-electron chi connectivity index (χ4n) is 4.83. The third kappa shape index (κ3) is 8.80. The van der Waals surface area contributed by atoms with Gasteiger partial charge < -0.3 is 28.4 Å². The van der Waals surface area contributed by atoms with Crippen LogP contribution in [0.1, 0.15) is 82.1 Å². The summed E-state index contributed by atoms with van der Waals surface area (Å²) in [7, 11) is 0. The van der Waals surface area contributed by atoms with Crippen molar-refractivity contribution in [1.29, 1.82) is 0 Å². The van der Waals surface area contributed by atoms with Crippen LogP contribution < -0.4 is 0 Å². The Kier molecular flexibility index (Phi) is 10.7. The van der Waals surface area contributed by atoms with Gasteiger partial charge in [0.25, 0.3) is 0 Å². The lowest BCUT2D eigenvalue weighted by molar-refractivity contribution is -0.149. The van der Waals surface area contributed by atoms with Crippen molar-refractivity contribution in [3.8, 4) is 0 Å². The molecule has 0 spiro atoms. The van der Waals surface area contributed by atoms with Gasteiger partial charge in [-0.3, -0.25) is 9.59 Å². The van der Waals surface area contributed by atoms with Gasteiger partial charge in [0.05, 0.1) is 37.6 Å². The number of carbonyl (C=O) groups is 2. The van der Waals surface area contributed by atoms with Gasteiger partial charge in [-0.05, 0) is 93.2 Å². The Bertz CT molecular complexity index is 813. The first-order valence-electron chi connectivity index (χ1n) is 13.6. The summed E-state index contributed by atoms with van der Waals surface area (Å²) in [5, 5.41) is 0. The molecule has 0 aromatic carbocycles. The maximum atomic E-state index is 12.3. The van der Waals surface area contributed by atoms with Crippen LogP contribution in [0.5, 0.6) is 0 Å². The predicted molar refractivity (Wildman–Crippen MR) is 146 cm³/mol. The van der Waals surface area contributed by atoms with E-state index in [-0.39, 0.29) is 36.0 Å². The average Bonchev–Trinajstić information content (AvgIpc) is 3.34. The van der Waals surface area contributed by atoms with Crippen LogP contribution in [-0.2, 0) is 38.0 Å². The van der Waals surface area contributed by atoms with E-state index in [0.717, 1.165) is 0 Å². The van der Waals surface area contributed by atoms with Crippen molar-refractivity contribution < 1.29 is 38.0 Å². The fraction of sp³-hybridized carbons (Fsp3) is 0.800. The van der Waals surface area contributed by atoms with Crippen molar-refractivity contribution in [3.05, 3.63) is 24.3 Å². The Hall–Kier alpha value is -1.42. The number of Topliss-reactive ketones (excluding diaryl/α,β-unsaturated/α-hetero) is 2. The molecule has 0 aromatic rings. The largest absolute Gasteiger partial charge is 0.370 e. The minimum absolute atomic E-state index is 0.104. The molecule has 0 aliphatic carbocycles. The van der Waals surface area contributed by atoms with Gasteiger partial charge in [-0.25, -0.2) is 0 Å². The molecule has 0 amide bonds. The smallest absolute Gasteiger partial charge is 0.189 e. The number of hydrogen-bond donors (Lipinski definition) is 0. The minimum Gasteiger partial charge on any atom is -0.370 e. The molecular formula is C30H50O8. The summed E-state index contributed by atoms with van der Waals surface area (Å²) >= 11 is 0. The molecule has 2 heterocycles. The lowest BCUT2D eigenvalue weighted by Gasteiger charge is -2.32. The molecule has 8 heteroatoms. The van der Waals surface area contributed by atoms with E-state index >= 15 is 0 Å². The van der Waals surface area contributed by atoms with Crippen LogP contribution in [0.25, 0.3) is 0 Å². The third-order valence-electron chi connectivity index (χ3n) is 7.11. The topological polar surface area (TPSA) is 89.5 Å². The van der Waals surface area contributed by atoms with E-state index in [1.165, 1.54) is 0 Å². The van der Waals surface area contributed by atoms with Gasteiger partial charge in [0, 0.05) is 0 Å². The van der Waals surface area contributed by atoms with E-state index < -0.39 is 22.4 Å². The number of rotatable bonds is 16. The molecule has 2 aliphatic heterocycles. The van der Waals surface area contributed by atoms with Crippen molar-refractivity contribution in [3.63, 3.8) is 0 Å². The van der Waals surface area contributed by atoms with Crippen LogP contribution in [-0.4, -0.2) is 84.8 Å². The van der Waals surface area contributed by atoms with Crippen LogP contribution in [0.2, 0.25) is 0 Å². The van der Waals surface area contributed by atoms with Crippen LogP contribution in [0.3, 0.4) is 0 Å². The first-order chi connectivity index (χ1) is 17.3. The van der Waals surface area contributed by atoms with E-state index in [2.05, 4.69) is 13.2 Å². The van der Waals surface area contributed by atoms with Crippen molar-refractivity contribution in [2.45, 2.75) is 129 Å². The standard InChI is InChI=1S/C30H50O8/c1-19(2)25(31)29(9,10)35-15-13-27(5,6)37-21-17-33-24-22(18-34-23(21)24)38-28(7,8)14-16-36-30(11,12)26(32)20(3)4/h21-24H,1,3,13-18H2,2,4-12H3/t21-,22+,23-,24-/m1/s1. The maximum absolute atomic E-state index is 12.3. The van der Waals surface area contributed by atoms with Crippen LogP contribution >= 0.6 is 0 Å². The molecule has 0 radical (unpaired) electrons. The van der Waals surface area contributed by atoms with Gasteiger partial charge in [-0.1, -0.05) is 13.2 Å². The predicted octanol–water partition coefficient (Wildman–Crippen LogP) is 4.77. The minimum atomic E-state index is -0.920. The Morgan fingerprint density at radius 1 is 0.684 bits per heavy atom. The van der Waals surface area contributed by atoms with Gasteiger partial charge in [0.1, 0.15) is 35.6 Å². The van der Waals surface area contributed by atoms with Crippen LogP contribution in [0, 0.1) is 0 Å². The van der Waals surface area contributed by atoms with E-state index in [1.54, 1.807) is 41.5 Å². The fourth-order valence-corrected chi connectivity index (χ4v) is 4.83. The molecule has 2 saturated heterocycles. The SMILES string of the molecule is C=C(C)C(=O)C(C)(C)OCCC(C)(C)O[C@H]1CO[C@H]2[C@@H]1OC[C@H]2OC(C)(C)CCOC(C)(C)C(=O)C(=C)C. The zero-order chi connectivity index (χ0) is 29.1. The highest BCUT2D eigenvalue weighted by Gasteiger charge is 2.51. The molecule has 0 N–H and O–H groups in total. The van der Waals surface area contributed by atoms with Gasteiger partial charge >= 0.3 is 0 Å². The molecule has 8 nitrogen and oxygen atoms in total. The molecular weight excluding hydrogens is 488 g/mol. The van der Waals surface area contributed by atoms with Gasteiger partial charge in [-0.15, -0.1) is 0 Å². The summed E-state index contributed by atoms with van der Waals surface area (Å²) in [6.07, 6.45) is 0.306. The molecule has 0 saturated carbocycles. The third-order valence-corrected chi connectivity index (χ3v) is 7.11. The second kappa shape index (κ2) is 12.4. The Balaban J connectivity index is 1.84. The molecule has 2 fully saturated rings. The first kappa shape index (κ1) is 32.8. The summed E-state index contributed by atoms with van der Waals surface area (Å²) in [4.78, 5) is 24.6. The number of fused-ring (bicyclic) bond motifs is 1. The number of carbonyl (C=O) groups excluding carboxylic acids is 2. The first-order valence-corrected chi connectivity index (χ1v) is 13.6. The summed E-state index contributed by atoms with van der Waals surface area (Å²) in [5.74, 6) is -0.209. The zero-order valence-corrected chi connectivity index (χ0v) is 25.2. The number of ketones is 2. The summed E-state index contributed by atoms with van der Waals surface area (Å²) in [5.41, 5.74) is -1.89. The van der Waals surface area contributed by atoms with Crippen molar-refractivity contribution in [2.24, 2.45) is 0 Å². The highest BCUT2D eigenvalue weighted by molar-refractivity contribution is 6.00. The Morgan fingerprint density at radius 3 is 1.29 bits per heavy atom. The van der Waals surface area contributed by atoms with E-state index in [0.29, 0.717) is 50.4 Å². The molecule has 0 bridgehead atoms. The van der Waals surface area contributed by atoms with Crippen LogP contribution in [0.4, 0.5) is 0 Å². The summed E-state index contributed by atoms with van der Waals surface area (Å²) < 4.78 is 36.7. The van der Waals surface area contributed by atoms with Gasteiger partial charge in [0.15, 0.2) is 11.6 Å². The molecule has 2 aliphatic rings. The normalized spacial score (nSPS) is 24.4. The average molecular weight is 539 g/mol. The summed E-state index contributed by atoms with van der Waals surface area (Å²) in [6, 6.07) is 0. The van der Waals surface area contributed by atoms with Crippen molar-refractivity contribution in [2.75, 3.05) is 26.4 Å². The highest BCUT2D eigenvalue weighted by Crippen LogP contribution is 2.35. The Morgan fingerprint density at radius 2 is 1.00 bits per heavy atom. The quantitative estimate of drug-likeness (QED) is 0.260.